The van der Waals surface area contributed by atoms with E-state index in [1.54, 1.807) is 6.33 Å². The van der Waals surface area contributed by atoms with E-state index < -0.39 is 0 Å². The summed E-state index contributed by atoms with van der Waals surface area (Å²) < 4.78 is 2.02. The molecule has 0 saturated carbocycles. The van der Waals surface area contributed by atoms with Gasteiger partial charge in [-0.05, 0) is 26.2 Å². The smallest absolute Gasteiger partial charge is 0.318 e. The maximum Gasteiger partial charge on any atom is 0.318 e. The zero-order valence-electron chi connectivity index (χ0n) is 13.7. The summed E-state index contributed by atoms with van der Waals surface area (Å²) in [6.07, 6.45) is 7.64. The number of aromatic nitrogens is 3. The standard InChI is InChI=1S/C16H25N5O/c1-12-14-19-18-11-20(14)8-9-21(12)15(22)17-10-16(2,3)13-6-4-5-7-13/h6,11-12H,4-5,7-10H2,1-3H3,(H,17,22). The molecule has 1 N–H and O–H groups in total. The van der Waals surface area contributed by atoms with E-state index in [1.165, 1.54) is 18.4 Å². The van der Waals surface area contributed by atoms with Gasteiger partial charge in [0.05, 0.1) is 6.04 Å². The monoisotopic (exact) mass is 303 g/mol. The van der Waals surface area contributed by atoms with Crippen LogP contribution in [0.25, 0.3) is 0 Å². The zero-order valence-corrected chi connectivity index (χ0v) is 13.7. The maximum absolute atomic E-state index is 12.5. The van der Waals surface area contributed by atoms with Gasteiger partial charge < -0.3 is 14.8 Å². The second-order valence-corrected chi connectivity index (χ2v) is 6.92. The Hall–Kier alpha value is -1.85. The zero-order chi connectivity index (χ0) is 15.7. The van der Waals surface area contributed by atoms with Gasteiger partial charge in [0.2, 0.25) is 0 Å². The third-order valence-corrected chi connectivity index (χ3v) is 4.92. The van der Waals surface area contributed by atoms with Gasteiger partial charge in [0.1, 0.15) is 6.33 Å². The van der Waals surface area contributed by atoms with Crippen LogP contribution in [0.4, 0.5) is 4.79 Å². The maximum atomic E-state index is 12.5. The molecule has 6 nitrogen and oxygen atoms in total. The summed E-state index contributed by atoms with van der Waals surface area (Å²) in [5.41, 5.74) is 1.50. The van der Waals surface area contributed by atoms with Crippen LogP contribution in [0, 0.1) is 5.41 Å². The number of allylic oxidation sites excluding steroid dienone is 1. The number of amides is 2. The van der Waals surface area contributed by atoms with E-state index in [1.807, 2.05) is 16.4 Å². The molecule has 1 atom stereocenters. The quantitative estimate of drug-likeness (QED) is 0.873. The minimum absolute atomic E-state index is 0.00609. The third kappa shape index (κ3) is 2.74. The number of carbonyl (C=O) groups excluding carboxylic acids is 1. The summed E-state index contributed by atoms with van der Waals surface area (Å²) in [5, 5.41) is 11.2. The molecule has 120 valence electrons. The van der Waals surface area contributed by atoms with Gasteiger partial charge >= 0.3 is 6.03 Å². The fraction of sp³-hybridized carbons (Fsp3) is 0.688. The number of nitrogens with one attached hydrogen (secondary N) is 1. The van der Waals surface area contributed by atoms with Crippen molar-refractivity contribution in [3.05, 3.63) is 23.8 Å². The molecule has 2 aliphatic rings. The Morgan fingerprint density at radius 2 is 2.27 bits per heavy atom. The van der Waals surface area contributed by atoms with Crippen LogP contribution in [0.5, 0.6) is 0 Å². The van der Waals surface area contributed by atoms with Gasteiger partial charge in [-0.15, -0.1) is 10.2 Å². The summed E-state index contributed by atoms with van der Waals surface area (Å²) in [7, 11) is 0. The molecule has 6 heteroatoms. The molecular formula is C16H25N5O. The van der Waals surface area contributed by atoms with E-state index in [4.69, 9.17) is 0 Å². The van der Waals surface area contributed by atoms with Crippen molar-refractivity contribution in [1.29, 1.82) is 0 Å². The lowest BCUT2D eigenvalue weighted by atomic mass is 9.83. The molecule has 0 saturated heterocycles. The lowest BCUT2D eigenvalue weighted by Crippen LogP contribution is -2.48. The van der Waals surface area contributed by atoms with Crippen LogP contribution in [-0.4, -0.2) is 38.8 Å². The number of rotatable bonds is 3. The molecule has 2 heterocycles. The average Bonchev–Trinajstić information content (AvgIpc) is 3.16. The first-order chi connectivity index (χ1) is 10.5. The first-order valence-corrected chi connectivity index (χ1v) is 8.11. The van der Waals surface area contributed by atoms with Crippen LogP contribution in [0.15, 0.2) is 18.0 Å². The topological polar surface area (TPSA) is 63.1 Å². The molecule has 1 unspecified atom stereocenters. The lowest BCUT2D eigenvalue weighted by Gasteiger charge is -2.35. The van der Waals surface area contributed by atoms with Gasteiger partial charge in [-0.2, -0.15) is 0 Å². The van der Waals surface area contributed by atoms with Crippen molar-refractivity contribution in [2.24, 2.45) is 5.41 Å². The Bertz CT molecular complexity index is 589. The molecule has 0 aromatic carbocycles. The molecule has 22 heavy (non-hydrogen) atoms. The number of nitrogens with zero attached hydrogens (tertiary/aromatic N) is 4. The van der Waals surface area contributed by atoms with Gasteiger partial charge in [0, 0.05) is 25.0 Å². The molecule has 1 aliphatic heterocycles. The number of carbonyl (C=O) groups is 1. The van der Waals surface area contributed by atoms with Crippen molar-refractivity contribution in [3.63, 3.8) is 0 Å². The summed E-state index contributed by atoms with van der Waals surface area (Å²) in [6, 6.07) is -0.0431. The van der Waals surface area contributed by atoms with Crippen LogP contribution in [-0.2, 0) is 6.54 Å². The first kappa shape index (κ1) is 15.1. The predicted molar refractivity (Wildman–Crippen MR) is 84.3 cm³/mol. The molecule has 3 rings (SSSR count). The van der Waals surface area contributed by atoms with E-state index in [0.29, 0.717) is 13.1 Å². The van der Waals surface area contributed by atoms with E-state index >= 15 is 0 Å². The van der Waals surface area contributed by atoms with Crippen molar-refractivity contribution in [1.82, 2.24) is 25.0 Å². The van der Waals surface area contributed by atoms with E-state index in [-0.39, 0.29) is 17.5 Å². The average molecular weight is 303 g/mol. The second kappa shape index (κ2) is 5.74. The fourth-order valence-corrected chi connectivity index (χ4v) is 3.38. The van der Waals surface area contributed by atoms with Crippen LogP contribution >= 0.6 is 0 Å². The number of urea groups is 1. The molecule has 0 spiro atoms. The molecular weight excluding hydrogens is 278 g/mol. The number of hydrogen-bond acceptors (Lipinski definition) is 3. The van der Waals surface area contributed by atoms with Crippen LogP contribution < -0.4 is 5.32 Å². The first-order valence-electron chi connectivity index (χ1n) is 8.11. The van der Waals surface area contributed by atoms with Crippen molar-refractivity contribution in [3.8, 4) is 0 Å². The Kier molecular flexibility index (Phi) is 3.93. The van der Waals surface area contributed by atoms with Crippen molar-refractivity contribution in [2.45, 2.75) is 52.6 Å². The molecule has 0 fully saturated rings. The van der Waals surface area contributed by atoms with E-state index in [0.717, 1.165) is 18.8 Å². The van der Waals surface area contributed by atoms with Crippen molar-refractivity contribution in [2.75, 3.05) is 13.1 Å². The molecule has 1 aliphatic carbocycles. The third-order valence-electron chi connectivity index (χ3n) is 4.92. The summed E-state index contributed by atoms with van der Waals surface area (Å²) in [4.78, 5) is 14.4. The summed E-state index contributed by atoms with van der Waals surface area (Å²) >= 11 is 0. The molecule has 0 bridgehead atoms. The summed E-state index contributed by atoms with van der Waals surface area (Å²) in [5.74, 6) is 0.860. The SMILES string of the molecule is CC1c2nncn2CCN1C(=O)NCC(C)(C)C1=CCCC1. The van der Waals surface area contributed by atoms with E-state index in [9.17, 15) is 4.79 Å². The highest BCUT2D eigenvalue weighted by Gasteiger charge is 2.31. The van der Waals surface area contributed by atoms with Gasteiger partial charge in [0.15, 0.2) is 5.82 Å². The second-order valence-electron chi connectivity index (χ2n) is 6.92. The highest BCUT2D eigenvalue weighted by Crippen LogP contribution is 2.34. The van der Waals surface area contributed by atoms with Gasteiger partial charge in [-0.25, -0.2) is 4.79 Å². The van der Waals surface area contributed by atoms with Gasteiger partial charge in [0.25, 0.3) is 0 Å². The largest absolute Gasteiger partial charge is 0.337 e. The molecule has 2 amide bonds. The summed E-state index contributed by atoms with van der Waals surface area (Å²) in [6.45, 7) is 8.55. The van der Waals surface area contributed by atoms with Gasteiger partial charge in [-0.1, -0.05) is 25.5 Å². The normalized spacial score (nSPS) is 21.5. The number of hydrogen-bond donors (Lipinski definition) is 1. The minimum Gasteiger partial charge on any atom is -0.337 e. The molecule has 1 aromatic rings. The van der Waals surface area contributed by atoms with Crippen LogP contribution in [0.3, 0.4) is 0 Å². The molecule has 1 aromatic heterocycles. The number of fused-ring (bicyclic) bond motifs is 1. The fourth-order valence-electron chi connectivity index (χ4n) is 3.38. The molecule has 0 radical (unpaired) electrons. The highest BCUT2D eigenvalue weighted by atomic mass is 16.2. The van der Waals surface area contributed by atoms with Gasteiger partial charge in [-0.3, -0.25) is 0 Å². The highest BCUT2D eigenvalue weighted by molar-refractivity contribution is 5.74. The van der Waals surface area contributed by atoms with E-state index in [2.05, 4.69) is 35.4 Å². The Morgan fingerprint density at radius 1 is 1.45 bits per heavy atom. The Labute approximate surface area is 131 Å². The lowest BCUT2D eigenvalue weighted by molar-refractivity contribution is 0.157. The van der Waals surface area contributed by atoms with Crippen molar-refractivity contribution < 1.29 is 4.79 Å². The Morgan fingerprint density at radius 3 is 3.00 bits per heavy atom. The Balaban J connectivity index is 1.61. The van der Waals surface area contributed by atoms with Crippen LogP contribution in [0.2, 0.25) is 0 Å². The van der Waals surface area contributed by atoms with Crippen LogP contribution in [0.1, 0.15) is 51.9 Å². The van der Waals surface area contributed by atoms with Crippen molar-refractivity contribution >= 4 is 6.03 Å². The minimum atomic E-state index is -0.0370. The predicted octanol–water partition coefficient (Wildman–Crippen LogP) is 2.50.